The molecule has 2 N–H and O–H groups in total. The van der Waals surface area contributed by atoms with Gasteiger partial charge in [0.15, 0.2) is 15.8 Å². The molecule has 0 spiro atoms. The number of sulfone groups is 1. The summed E-state index contributed by atoms with van der Waals surface area (Å²) in [5.41, 5.74) is 0. The first-order valence-electron chi connectivity index (χ1n) is 10.7. The van der Waals surface area contributed by atoms with E-state index in [0.29, 0.717) is 31.0 Å². The molecule has 0 saturated carbocycles. The molecule has 0 aromatic rings. The zero-order valence-electron chi connectivity index (χ0n) is 19.2. The lowest BCUT2D eigenvalue weighted by atomic mass is 9.92. The number of nitrogens with zero attached hydrogens (tertiary/aromatic N) is 2. The normalized spacial score (nSPS) is 17.7. The van der Waals surface area contributed by atoms with E-state index in [1.807, 2.05) is 6.92 Å². The molecule has 0 radical (unpaired) electrons. The Morgan fingerprint density at radius 1 is 1.10 bits per heavy atom. The van der Waals surface area contributed by atoms with Crippen LogP contribution in [0.4, 0.5) is 0 Å². The molecule has 1 saturated heterocycles. The van der Waals surface area contributed by atoms with E-state index in [9.17, 15) is 8.42 Å². The molecular formula is C20H43IN4O3S. The predicted molar refractivity (Wildman–Crippen MR) is 133 cm³/mol. The quantitative estimate of drug-likeness (QED) is 0.249. The van der Waals surface area contributed by atoms with Crippen LogP contribution in [-0.2, 0) is 14.6 Å². The summed E-state index contributed by atoms with van der Waals surface area (Å²) in [5.74, 6) is 1.38. The van der Waals surface area contributed by atoms with E-state index in [4.69, 9.17) is 9.73 Å². The Balaban J connectivity index is 0.00000784. The summed E-state index contributed by atoms with van der Waals surface area (Å²) in [4.78, 5) is 7.30. The lowest BCUT2D eigenvalue weighted by Gasteiger charge is -2.38. The van der Waals surface area contributed by atoms with E-state index in [0.717, 1.165) is 45.7 Å². The first-order chi connectivity index (χ1) is 13.2. The number of halogens is 1. The molecule has 1 aliphatic heterocycles. The lowest BCUT2D eigenvalue weighted by Crippen LogP contribution is -2.49. The highest BCUT2D eigenvalue weighted by Gasteiger charge is 2.29. The van der Waals surface area contributed by atoms with Crippen molar-refractivity contribution in [1.82, 2.24) is 15.5 Å². The third kappa shape index (κ3) is 9.69. The second kappa shape index (κ2) is 14.0. The maximum Gasteiger partial charge on any atom is 0.191 e. The molecule has 0 aromatic heterocycles. The van der Waals surface area contributed by atoms with Crippen molar-refractivity contribution < 1.29 is 13.2 Å². The molecule has 1 rings (SSSR count). The smallest absolute Gasteiger partial charge is 0.191 e. The average Bonchev–Trinajstić information content (AvgIpc) is 2.64. The van der Waals surface area contributed by atoms with Crippen molar-refractivity contribution in [2.24, 2.45) is 10.9 Å². The Kier molecular flexibility index (Phi) is 14.0. The average molecular weight is 547 g/mol. The zero-order chi connectivity index (χ0) is 21.2. The van der Waals surface area contributed by atoms with Gasteiger partial charge in [0.05, 0.1) is 30.3 Å². The molecule has 1 heterocycles. The van der Waals surface area contributed by atoms with Crippen LogP contribution in [0, 0.1) is 5.92 Å². The van der Waals surface area contributed by atoms with Crippen molar-refractivity contribution in [3.05, 3.63) is 0 Å². The van der Waals surface area contributed by atoms with Crippen LogP contribution in [0.1, 0.15) is 54.4 Å². The van der Waals surface area contributed by atoms with Gasteiger partial charge in [-0.05, 0) is 33.6 Å². The van der Waals surface area contributed by atoms with E-state index in [1.54, 1.807) is 20.8 Å². The van der Waals surface area contributed by atoms with Crippen LogP contribution in [0.25, 0.3) is 0 Å². The fourth-order valence-electron chi connectivity index (χ4n) is 3.44. The fraction of sp³-hybridized carbons (Fsp3) is 0.950. The Morgan fingerprint density at radius 3 is 2.17 bits per heavy atom. The first-order valence-corrected chi connectivity index (χ1v) is 12.4. The maximum absolute atomic E-state index is 12.3. The summed E-state index contributed by atoms with van der Waals surface area (Å²) < 4.78 is 29.4. The number of hydrogen-bond acceptors (Lipinski definition) is 5. The van der Waals surface area contributed by atoms with E-state index in [-0.39, 0.29) is 29.7 Å². The molecule has 174 valence electrons. The van der Waals surface area contributed by atoms with Gasteiger partial charge in [0, 0.05) is 32.2 Å². The van der Waals surface area contributed by atoms with Gasteiger partial charge in [-0.15, -0.1) is 24.0 Å². The van der Waals surface area contributed by atoms with Gasteiger partial charge in [-0.1, -0.05) is 26.7 Å². The second-order valence-corrected chi connectivity index (χ2v) is 11.2. The third-order valence-corrected chi connectivity index (χ3v) is 8.09. The largest absolute Gasteiger partial charge is 0.379 e. The highest BCUT2D eigenvalue weighted by Crippen LogP contribution is 2.20. The molecule has 1 atom stereocenters. The number of hydrogen-bond donors (Lipinski definition) is 2. The Hall–Kier alpha value is -0.130. The van der Waals surface area contributed by atoms with E-state index in [2.05, 4.69) is 29.4 Å². The molecule has 0 aliphatic carbocycles. The van der Waals surface area contributed by atoms with Crippen LogP contribution in [0.5, 0.6) is 0 Å². The fourth-order valence-corrected chi connectivity index (χ4v) is 4.42. The topological polar surface area (TPSA) is 83.0 Å². The van der Waals surface area contributed by atoms with Crippen molar-refractivity contribution in [2.45, 2.75) is 65.2 Å². The molecular weight excluding hydrogens is 503 g/mol. The summed E-state index contributed by atoms with van der Waals surface area (Å²) in [7, 11) is -3.15. The second-order valence-electron chi connectivity index (χ2n) is 8.37. The molecule has 0 bridgehead atoms. The number of ether oxygens (including phenoxy) is 1. The van der Waals surface area contributed by atoms with Gasteiger partial charge in [0.25, 0.3) is 0 Å². The molecule has 1 aliphatic rings. The summed E-state index contributed by atoms with van der Waals surface area (Å²) in [5, 5.41) is 6.44. The number of nitrogens with one attached hydrogen (secondary N) is 2. The minimum atomic E-state index is -3.15. The van der Waals surface area contributed by atoms with Gasteiger partial charge < -0.3 is 15.4 Å². The van der Waals surface area contributed by atoms with Gasteiger partial charge in [-0.2, -0.15) is 0 Å². The minimum absolute atomic E-state index is 0. The van der Waals surface area contributed by atoms with Gasteiger partial charge >= 0.3 is 0 Å². The molecule has 7 nitrogen and oxygen atoms in total. The predicted octanol–water partition coefficient (Wildman–Crippen LogP) is 2.51. The molecule has 29 heavy (non-hydrogen) atoms. The summed E-state index contributed by atoms with van der Waals surface area (Å²) >= 11 is 0. The standard InChI is InChI=1S/C20H42N4O3S.HI/c1-7-17(8-2)18(24-11-13-27-14-12-24)16-23-19(21-9-3)22-10-15-28(25,26)20(4,5)6;/h17-18H,7-16H2,1-6H3,(H2,21,22,23);1H. The van der Waals surface area contributed by atoms with Gasteiger partial charge in [0.2, 0.25) is 0 Å². The van der Waals surface area contributed by atoms with Crippen LogP contribution in [-0.4, -0.2) is 81.8 Å². The molecule has 1 unspecified atom stereocenters. The molecule has 1 fully saturated rings. The number of morpholine rings is 1. The minimum Gasteiger partial charge on any atom is -0.379 e. The van der Waals surface area contributed by atoms with E-state index >= 15 is 0 Å². The molecule has 9 heteroatoms. The highest BCUT2D eigenvalue weighted by atomic mass is 127. The van der Waals surface area contributed by atoms with Gasteiger partial charge in [-0.25, -0.2) is 8.42 Å². The van der Waals surface area contributed by atoms with Crippen LogP contribution in [0.3, 0.4) is 0 Å². The number of rotatable bonds is 10. The summed E-state index contributed by atoms with van der Waals surface area (Å²) in [6, 6.07) is 0.382. The Labute approximate surface area is 195 Å². The number of aliphatic imine (C=N–C) groups is 1. The summed E-state index contributed by atoms with van der Waals surface area (Å²) in [6.45, 7) is 17.0. The monoisotopic (exact) mass is 546 g/mol. The first kappa shape index (κ1) is 28.9. The van der Waals surface area contributed by atoms with Gasteiger partial charge in [0.1, 0.15) is 0 Å². The summed E-state index contributed by atoms with van der Waals surface area (Å²) in [6.07, 6.45) is 2.25. The highest BCUT2D eigenvalue weighted by molar-refractivity contribution is 14.0. The SMILES string of the molecule is CCNC(=NCC(C(CC)CC)N1CCOCC1)NCCS(=O)(=O)C(C)(C)C.I. The molecule has 0 amide bonds. The van der Waals surface area contributed by atoms with E-state index in [1.165, 1.54) is 0 Å². The number of guanidine groups is 1. The molecule has 0 aromatic carbocycles. The van der Waals surface area contributed by atoms with Gasteiger partial charge in [-0.3, -0.25) is 9.89 Å². The van der Waals surface area contributed by atoms with Crippen molar-refractivity contribution >= 4 is 39.8 Å². The lowest BCUT2D eigenvalue weighted by molar-refractivity contribution is 0.00395. The van der Waals surface area contributed by atoms with Crippen molar-refractivity contribution in [3.63, 3.8) is 0 Å². The van der Waals surface area contributed by atoms with Crippen LogP contribution < -0.4 is 10.6 Å². The van der Waals surface area contributed by atoms with Crippen molar-refractivity contribution in [1.29, 1.82) is 0 Å². The van der Waals surface area contributed by atoms with Crippen molar-refractivity contribution in [2.75, 3.05) is 51.7 Å². The van der Waals surface area contributed by atoms with E-state index < -0.39 is 14.6 Å². The maximum atomic E-state index is 12.3. The van der Waals surface area contributed by atoms with Crippen LogP contribution >= 0.6 is 24.0 Å². The Bertz CT molecular complexity index is 569. The Morgan fingerprint density at radius 2 is 1.69 bits per heavy atom. The zero-order valence-corrected chi connectivity index (χ0v) is 22.3. The van der Waals surface area contributed by atoms with Crippen LogP contribution in [0.15, 0.2) is 4.99 Å². The van der Waals surface area contributed by atoms with Crippen LogP contribution in [0.2, 0.25) is 0 Å². The third-order valence-electron chi connectivity index (χ3n) is 5.48. The van der Waals surface area contributed by atoms with Crippen molar-refractivity contribution in [3.8, 4) is 0 Å².